The van der Waals surface area contributed by atoms with Gasteiger partial charge < -0.3 is 4.74 Å². The maximum absolute atomic E-state index is 11.7. The van der Waals surface area contributed by atoms with Crippen molar-refractivity contribution in [2.45, 2.75) is 19.8 Å². The van der Waals surface area contributed by atoms with E-state index in [-0.39, 0.29) is 12.2 Å². The first-order valence-electron chi connectivity index (χ1n) is 6.34. The van der Waals surface area contributed by atoms with Crippen LogP contribution in [0.4, 0.5) is 0 Å². The molecule has 0 aromatic heterocycles. The van der Waals surface area contributed by atoms with Gasteiger partial charge >= 0.3 is 5.97 Å². The third kappa shape index (κ3) is 3.65. The van der Waals surface area contributed by atoms with E-state index < -0.39 is 5.97 Å². The van der Waals surface area contributed by atoms with Gasteiger partial charge in [-0.25, -0.2) is 0 Å². The Labute approximate surface area is 112 Å². The lowest BCUT2D eigenvalue weighted by atomic mass is 9.93. The Balaban J connectivity index is 2.03. The Morgan fingerprint density at radius 2 is 2.05 bits per heavy atom. The highest BCUT2D eigenvalue weighted by Gasteiger charge is 2.11. The lowest BCUT2D eigenvalue weighted by molar-refractivity contribution is -0.144. The van der Waals surface area contributed by atoms with Crippen molar-refractivity contribution in [3.8, 4) is 0 Å². The molecule has 1 aliphatic rings. The quantitative estimate of drug-likeness (QED) is 0.472. The highest BCUT2D eigenvalue weighted by atomic mass is 16.5. The van der Waals surface area contributed by atoms with Gasteiger partial charge in [-0.1, -0.05) is 36.4 Å². The lowest BCUT2D eigenvalue weighted by Gasteiger charge is -2.12. The van der Waals surface area contributed by atoms with Crippen LogP contribution in [0.3, 0.4) is 0 Å². The van der Waals surface area contributed by atoms with Crippen LogP contribution in [0, 0.1) is 0 Å². The molecule has 1 aliphatic carbocycles. The smallest absolute Gasteiger partial charge is 0.313 e. The first-order valence-corrected chi connectivity index (χ1v) is 6.34. The Morgan fingerprint density at radius 1 is 1.26 bits per heavy atom. The summed E-state index contributed by atoms with van der Waals surface area (Å²) in [5.41, 5.74) is 3.30. The molecule has 0 atom stereocenters. The van der Waals surface area contributed by atoms with Crippen molar-refractivity contribution in [2.24, 2.45) is 0 Å². The maximum Gasteiger partial charge on any atom is 0.313 e. The molecular weight excluding hydrogens is 240 g/mol. The predicted octanol–water partition coefficient (Wildman–Crippen LogP) is 2.70. The van der Waals surface area contributed by atoms with E-state index in [0.29, 0.717) is 6.61 Å². The van der Waals surface area contributed by atoms with Crippen LogP contribution in [-0.4, -0.2) is 18.4 Å². The number of fused-ring (bicyclic) bond motifs is 1. The summed E-state index contributed by atoms with van der Waals surface area (Å²) in [4.78, 5) is 22.9. The molecule has 1 aromatic rings. The second-order valence-corrected chi connectivity index (χ2v) is 4.38. The SMILES string of the molecule is CCOC(=O)CC(=O)C=C1C=Cc2ccccc2C1. The largest absolute Gasteiger partial charge is 0.466 e. The highest BCUT2D eigenvalue weighted by molar-refractivity contribution is 6.02. The number of ether oxygens (including phenoxy) is 1. The Kier molecular flexibility index (Phi) is 4.29. The zero-order chi connectivity index (χ0) is 13.7. The number of ketones is 1. The molecule has 0 aliphatic heterocycles. The fraction of sp³-hybridized carbons (Fsp3) is 0.250. The van der Waals surface area contributed by atoms with Gasteiger partial charge in [0.05, 0.1) is 6.61 Å². The molecule has 0 unspecified atom stereocenters. The molecule has 98 valence electrons. The number of benzene rings is 1. The normalized spacial score (nSPS) is 15.1. The summed E-state index contributed by atoms with van der Waals surface area (Å²) in [7, 11) is 0. The van der Waals surface area contributed by atoms with Gasteiger partial charge in [-0.2, -0.15) is 0 Å². The van der Waals surface area contributed by atoms with Crippen LogP contribution < -0.4 is 0 Å². The predicted molar refractivity (Wildman–Crippen MR) is 73.5 cm³/mol. The minimum Gasteiger partial charge on any atom is -0.466 e. The number of hydrogen-bond donors (Lipinski definition) is 0. The molecule has 1 aromatic carbocycles. The van der Waals surface area contributed by atoms with Crippen LogP contribution in [0.15, 0.2) is 42.0 Å². The van der Waals surface area contributed by atoms with E-state index in [9.17, 15) is 9.59 Å². The zero-order valence-corrected chi connectivity index (χ0v) is 10.9. The average Bonchev–Trinajstić information content (AvgIpc) is 2.38. The lowest BCUT2D eigenvalue weighted by Crippen LogP contribution is -2.10. The summed E-state index contributed by atoms with van der Waals surface area (Å²) in [6.07, 6.45) is 5.98. The van der Waals surface area contributed by atoms with E-state index in [2.05, 4.69) is 0 Å². The second kappa shape index (κ2) is 6.14. The molecule has 0 amide bonds. The number of carbonyl (C=O) groups is 2. The van der Waals surface area contributed by atoms with Gasteiger partial charge in [0.2, 0.25) is 0 Å². The highest BCUT2D eigenvalue weighted by Crippen LogP contribution is 2.22. The number of allylic oxidation sites excluding steroid dienone is 3. The first-order chi connectivity index (χ1) is 9.19. The second-order valence-electron chi connectivity index (χ2n) is 4.38. The topological polar surface area (TPSA) is 43.4 Å². The molecule has 0 fully saturated rings. The third-order valence-electron chi connectivity index (χ3n) is 2.90. The molecule has 0 heterocycles. The fourth-order valence-corrected chi connectivity index (χ4v) is 2.04. The molecule has 0 saturated heterocycles. The van der Waals surface area contributed by atoms with Crippen LogP contribution in [0.1, 0.15) is 24.5 Å². The molecule has 0 saturated carbocycles. The molecule has 3 nitrogen and oxygen atoms in total. The summed E-state index contributed by atoms with van der Waals surface area (Å²) < 4.78 is 4.75. The summed E-state index contributed by atoms with van der Waals surface area (Å²) in [5, 5.41) is 0. The summed E-state index contributed by atoms with van der Waals surface area (Å²) in [5.74, 6) is -0.679. The van der Waals surface area contributed by atoms with Gasteiger partial charge in [-0.15, -0.1) is 0 Å². The summed E-state index contributed by atoms with van der Waals surface area (Å²) in [6.45, 7) is 2.03. The van der Waals surface area contributed by atoms with E-state index in [1.807, 2.05) is 36.4 Å². The van der Waals surface area contributed by atoms with Crippen LogP contribution >= 0.6 is 0 Å². The molecule has 0 spiro atoms. The molecule has 3 heteroatoms. The van der Waals surface area contributed by atoms with E-state index in [1.54, 1.807) is 6.92 Å². The summed E-state index contributed by atoms with van der Waals surface area (Å²) >= 11 is 0. The van der Waals surface area contributed by atoms with Gasteiger partial charge in [0, 0.05) is 0 Å². The van der Waals surface area contributed by atoms with Gasteiger partial charge in [-0.3, -0.25) is 9.59 Å². The number of esters is 1. The molecule has 2 rings (SSSR count). The van der Waals surface area contributed by atoms with Crippen molar-refractivity contribution in [1.29, 1.82) is 0 Å². The third-order valence-corrected chi connectivity index (χ3v) is 2.90. The average molecular weight is 256 g/mol. The first kappa shape index (κ1) is 13.3. The molecule has 0 radical (unpaired) electrons. The van der Waals surface area contributed by atoms with Crippen LogP contribution in [-0.2, 0) is 20.7 Å². The van der Waals surface area contributed by atoms with Crippen molar-refractivity contribution in [3.05, 3.63) is 53.1 Å². The Bertz CT molecular complexity index is 553. The Morgan fingerprint density at radius 3 is 2.84 bits per heavy atom. The number of rotatable bonds is 4. The molecule has 0 bridgehead atoms. The van der Waals surface area contributed by atoms with Crippen LogP contribution in [0.5, 0.6) is 0 Å². The van der Waals surface area contributed by atoms with E-state index in [4.69, 9.17) is 4.74 Å². The Hall–Kier alpha value is -2.16. The van der Waals surface area contributed by atoms with E-state index in [1.165, 1.54) is 17.2 Å². The van der Waals surface area contributed by atoms with Crippen molar-refractivity contribution >= 4 is 17.8 Å². The van der Waals surface area contributed by atoms with E-state index >= 15 is 0 Å². The van der Waals surface area contributed by atoms with Gasteiger partial charge in [0.15, 0.2) is 5.78 Å². The van der Waals surface area contributed by atoms with Crippen molar-refractivity contribution < 1.29 is 14.3 Å². The monoisotopic (exact) mass is 256 g/mol. The minimum atomic E-state index is -0.468. The molecule has 0 N–H and O–H groups in total. The standard InChI is InChI=1S/C16H16O3/c1-2-19-16(18)11-15(17)10-12-7-8-13-5-3-4-6-14(13)9-12/h3-8,10H,2,9,11H2,1H3. The van der Waals surface area contributed by atoms with E-state index in [0.717, 1.165) is 12.0 Å². The number of carbonyl (C=O) groups excluding carboxylic acids is 2. The van der Waals surface area contributed by atoms with Crippen molar-refractivity contribution in [1.82, 2.24) is 0 Å². The maximum atomic E-state index is 11.7. The van der Waals surface area contributed by atoms with Gasteiger partial charge in [-0.05, 0) is 36.1 Å². The van der Waals surface area contributed by atoms with Crippen molar-refractivity contribution in [2.75, 3.05) is 6.61 Å². The fourth-order valence-electron chi connectivity index (χ4n) is 2.04. The molecular formula is C16H16O3. The summed E-state index contributed by atoms with van der Waals surface area (Å²) in [6, 6.07) is 8.06. The zero-order valence-electron chi connectivity index (χ0n) is 10.9. The van der Waals surface area contributed by atoms with Crippen LogP contribution in [0.2, 0.25) is 0 Å². The van der Waals surface area contributed by atoms with Gasteiger partial charge in [0.1, 0.15) is 6.42 Å². The van der Waals surface area contributed by atoms with Crippen LogP contribution in [0.25, 0.3) is 6.08 Å². The number of hydrogen-bond acceptors (Lipinski definition) is 3. The minimum absolute atomic E-state index is 0.188. The molecule has 19 heavy (non-hydrogen) atoms. The van der Waals surface area contributed by atoms with Gasteiger partial charge in [0.25, 0.3) is 0 Å². The van der Waals surface area contributed by atoms with Crippen molar-refractivity contribution in [3.63, 3.8) is 0 Å².